The highest BCUT2D eigenvalue weighted by molar-refractivity contribution is 5.90. The van der Waals surface area contributed by atoms with Crippen molar-refractivity contribution in [2.24, 2.45) is 5.73 Å². The Labute approximate surface area is 101 Å². The first-order valence-corrected chi connectivity index (χ1v) is 5.79. The quantitative estimate of drug-likeness (QED) is 0.693. The maximum atomic E-state index is 11.8. The van der Waals surface area contributed by atoms with Crippen molar-refractivity contribution in [2.45, 2.75) is 31.8 Å². The summed E-state index contributed by atoms with van der Waals surface area (Å²) in [6.07, 6.45) is 1.99. The molecule has 0 unspecified atom stereocenters. The molecule has 1 amide bonds. The zero-order chi connectivity index (χ0) is 12.5. The normalized spacial score (nSPS) is 16.6. The van der Waals surface area contributed by atoms with Crippen LogP contribution >= 0.6 is 0 Å². The molecule has 0 aliphatic carbocycles. The SMILES string of the molecule is CC(C)(N)CC(=O)Nc1ccnn1C1CNC1. The molecule has 94 valence electrons. The lowest BCUT2D eigenvalue weighted by Gasteiger charge is -2.29. The Bertz CT molecular complexity index is 402. The third-order valence-corrected chi connectivity index (χ3v) is 2.66. The number of rotatable bonds is 4. The summed E-state index contributed by atoms with van der Waals surface area (Å²) in [7, 11) is 0. The highest BCUT2D eigenvalue weighted by Gasteiger charge is 2.23. The fourth-order valence-corrected chi connectivity index (χ4v) is 1.75. The molecule has 1 aromatic heterocycles. The molecule has 0 radical (unpaired) electrons. The molecule has 2 heterocycles. The van der Waals surface area contributed by atoms with Gasteiger partial charge in [-0.15, -0.1) is 0 Å². The van der Waals surface area contributed by atoms with E-state index in [1.54, 1.807) is 12.3 Å². The van der Waals surface area contributed by atoms with E-state index >= 15 is 0 Å². The highest BCUT2D eigenvalue weighted by Crippen LogP contribution is 2.18. The van der Waals surface area contributed by atoms with Crippen molar-refractivity contribution >= 4 is 11.7 Å². The predicted octanol–water partition coefficient (Wildman–Crippen LogP) is 0.0933. The van der Waals surface area contributed by atoms with Gasteiger partial charge in [0, 0.05) is 31.1 Å². The van der Waals surface area contributed by atoms with Crippen LogP contribution in [0.5, 0.6) is 0 Å². The van der Waals surface area contributed by atoms with Crippen LogP contribution in [0.25, 0.3) is 0 Å². The molecule has 0 spiro atoms. The van der Waals surface area contributed by atoms with E-state index < -0.39 is 5.54 Å². The number of nitrogens with one attached hydrogen (secondary N) is 2. The smallest absolute Gasteiger partial charge is 0.227 e. The first kappa shape index (κ1) is 12.1. The van der Waals surface area contributed by atoms with Gasteiger partial charge in [-0.25, -0.2) is 4.68 Å². The van der Waals surface area contributed by atoms with Crippen molar-refractivity contribution < 1.29 is 4.79 Å². The molecule has 2 rings (SSSR count). The molecular formula is C11H19N5O. The molecule has 1 aromatic rings. The average Bonchev–Trinajstić information content (AvgIpc) is 2.46. The van der Waals surface area contributed by atoms with Gasteiger partial charge in [0.1, 0.15) is 5.82 Å². The molecule has 0 aromatic carbocycles. The van der Waals surface area contributed by atoms with Crippen molar-refractivity contribution in [3.8, 4) is 0 Å². The number of aromatic nitrogens is 2. The fraction of sp³-hybridized carbons (Fsp3) is 0.636. The van der Waals surface area contributed by atoms with Crippen molar-refractivity contribution in [2.75, 3.05) is 18.4 Å². The van der Waals surface area contributed by atoms with Crippen molar-refractivity contribution in [1.82, 2.24) is 15.1 Å². The van der Waals surface area contributed by atoms with Gasteiger partial charge < -0.3 is 16.4 Å². The molecular weight excluding hydrogens is 218 g/mol. The summed E-state index contributed by atoms with van der Waals surface area (Å²) in [5.41, 5.74) is 5.31. The molecule has 0 atom stereocenters. The van der Waals surface area contributed by atoms with Gasteiger partial charge in [0.15, 0.2) is 0 Å². The summed E-state index contributed by atoms with van der Waals surface area (Å²) >= 11 is 0. The molecule has 6 nitrogen and oxygen atoms in total. The van der Waals surface area contributed by atoms with Gasteiger partial charge in [-0.2, -0.15) is 5.10 Å². The van der Waals surface area contributed by atoms with E-state index in [1.165, 1.54) is 0 Å². The zero-order valence-corrected chi connectivity index (χ0v) is 10.2. The van der Waals surface area contributed by atoms with Crippen molar-refractivity contribution in [3.05, 3.63) is 12.3 Å². The Kier molecular flexibility index (Phi) is 3.17. The number of carbonyl (C=O) groups excluding carboxylic acids is 1. The van der Waals surface area contributed by atoms with Crippen molar-refractivity contribution in [1.29, 1.82) is 0 Å². The molecule has 1 saturated heterocycles. The molecule has 0 bridgehead atoms. The lowest BCUT2D eigenvalue weighted by atomic mass is 10.0. The Morgan fingerprint density at radius 1 is 1.71 bits per heavy atom. The van der Waals surface area contributed by atoms with Crippen LogP contribution in [0.3, 0.4) is 0 Å². The number of hydrogen-bond acceptors (Lipinski definition) is 4. The lowest BCUT2D eigenvalue weighted by molar-refractivity contribution is -0.117. The molecule has 1 aliphatic heterocycles. The first-order valence-electron chi connectivity index (χ1n) is 5.79. The predicted molar refractivity (Wildman–Crippen MR) is 65.6 cm³/mol. The fourth-order valence-electron chi connectivity index (χ4n) is 1.75. The number of carbonyl (C=O) groups is 1. The monoisotopic (exact) mass is 237 g/mol. The van der Waals surface area contributed by atoms with Crippen LogP contribution in [-0.2, 0) is 4.79 Å². The van der Waals surface area contributed by atoms with E-state index in [2.05, 4.69) is 15.7 Å². The van der Waals surface area contributed by atoms with Gasteiger partial charge in [-0.3, -0.25) is 4.79 Å². The minimum absolute atomic E-state index is 0.0773. The second-order valence-corrected chi connectivity index (χ2v) is 5.19. The van der Waals surface area contributed by atoms with E-state index in [0.717, 1.165) is 18.9 Å². The minimum atomic E-state index is -0.493. The van der Waals surface area contributed by atoms with Crippen LogP contribution in [-0.4, -0.2) is 34.3 Å². The molecule has 1 fully saturated rings. The van der Waals surface area contributed by atoms with E-state index in [-0.39, 0.29) is 5.91 Å². The third-order valence-electron chi connectivity index (χ3n) is 2.66. The minimum Gasteiger partial charge on any atom is -0.325 e. The second-order valence-electron chi connectivity index (χ2n) is 5.19. The summed E-state index contributed by atoms with van der Waals surface area (Å²) < 4.78 is 1.85. The maximum Gasteiger partial charge on any atom is 0.227 e. The summed E-state index contributed by atoms with van der Waals surface area (Å²) in [5.74, 6) is 0.664. The van der Waals surface area contributed by atoms with E-state index in [9.17, 15) is 4.79 Å². The standard InChI is InChI=1S/C11H19N5O/c1-11(2,12)5-10(17)15-9-3-4-14-16(9)8-6-13-7-8/h3-4,8,13H,5-7,12H2,1-2H3,(H,15,17). The van der Waals surface area contributed by atoms with Crippen LogP contribution in [0.2, 0.25) is 0 Å². The lowest BCUT2D eigenvalue weighted by Crippen LogP contribution is -2.44. The van der Waals surface area contributed by atoms with E-state index in [0.29, 0.717) is 12.5 Å². The van der Waals surface area contributed by atoms with Gasteiger partial charge in [0.05, 0.1) is 12.2 Å². The Balaban J connectivity index is 1.98. The number of nitrogens with zero attached hydrogens (tertiary/aromatic N) is 2. The van der Waals surface area contributed by atoms with Crippen LogP contribution in [0.1, 0.15) is 26.3 Å². The second kappa shape index (κ2) is 4.46. The van der Waals surface area contributed by atoms with Crippen LogP contribution in [0.4, 0.5) is 5.82 Å². The summed E-state index contributed by atoms with van der Waals surface area (Å²) in [5, 5.41) is 10.2. The first-order chi connectivity index (χ1) is 7.96. The molecule has 6 heteroatoms. The van der Waals surface area contributed by atoms with Gasteiger partial charge in [0.25, 0.3) is 0 Å². The van der Waals surface area contributed by atoms with Crippen molar-refractivity contribution in [3.63, 3.8) is 0 Å². The summed E-state index contributed by atoms with van der Waals surface area (Å²) in [6, 6.07) is 2.14. The van der Waals surface area contributed by atoms with Crippen LogP contribution < -0.4 is 16.4 Å². The highest BCUT2D eigenvalue weighted by atomic mass is 16.1. The molecule has 4 N–H and O–H groups in total. The van der Waals surface area contributed by atoms with Gasteiger partial charge in [-0.05, 0) is 13.8 Å². The largest absolute Gasteiger partial charge is 0.325 e. The van der Waals surface area contributed by atoms with E-state index in [4.69, 9.17) is 5.73 Å². The number of anilines is 1. The topological polar surface area (TPSA) is 85.0 Å². The zero-order valence-electron chi connectivity index (χ0n) is 10.2. The number of amides is 1. The molecule has 1 aliphatic rings. The average molecular weight is 237 g/mol. The van der Waals surface area contributed by atoms with Gasteiger partial charge in [-0.1, -0.05) is 0 Å². The summed E-state index contributed by atoms with van der Waals surface area (Å²) in [6.45, 7) is 5.46. The number of nitrogens with two attached hydrogens (primary N) is 1. The third kappa shape index (κ3) is 3.04. The van der Waals surface area contributed by atoms with Crippen LogP contribution in [0.15, 0.2) is 12.3 Å². The Hall–Kier alpha value is -1.40. The van der Waals surface area contributed by atoms with Gasteiger partial charge >= 0.3 is 0 Å². The number of hydrogen-bond donors (Lipinski definition) is 3. The maximum absolute atomic E-state index is 11.8. The summed E-state index contributed by atoms with van der Waals surface area (Å²) in [4.78, 5) is 11.8. The Morgan fingerprint density at radius 3 is 2.94 bits per heavy atom. The molecule has 17 heavy (non-hydrogen) atoms. The van der Waals surface area contributed by atoms with Gasteiger partial charge in [0.2, 0.25) is 5.91 Å². The Morgan fingerprint density at radius 2 is 2.41 bits per heavy atom. The van der Waals surface area contributed by atoms with E-state index in [1.807, 2.05) is 18.5 Å². The molecule has 0 saturated carbocycles. The van der Waals surface area contributed by atoms with Crippen LogP contribution in [0, 0.1) is 0 Å².